The monoisotopic (exact) mass is 304 g/mol. The zero-order valence-corrected chi connectivity index (χ0v) is 13.4. The number of carbonyl (C=O) groups excluding carboxylic acids is 2. The van der Waals surface area contributed by atoms with E-state index in [0.29, 0.717) is 17.8 Å². The Bertz CT molecular complexity index is 543. The van der Waals surface area contributed by atoms with Gasteiger partial charge in [-0.3, -0.25) is 9.59 Å². The standard InChI is InChI=1S/C17H24N2O3/c1-17(2,3)16(21)19-13-7-4-6-12(10-13)15(20)18-11-14-8-5-9-22-14/h4,6-7,10,14H,5,8-9,11H2,1-3H3,(H,18,20)(H,19,21). The van der Waals surface area contributed by atoms with E-state index in [9.17, 15) is 9.59 Å². The third kappa shape index (κ3) is 4.56. The number of hydrogen-bond donors (Lipinski definition) is 2. The van der Waals surface area contributed by atoms with Crippen molar-refractivity contribution >= 4 is 17.5 Å². The summed E-state index contributed by atoms with van der Waals surface area (Å²) in [5.74, 6) is -0.230. The minimum absolute atomic E-state index is 0.0792. The third-order valence-corrected chi connectivity index (χ3v) is 3.58. The number of anilines is 1. The van der Waals surface area contributed by atoms with Crippen LogP contribution in [0.4, 0.5) is 5.69 Å². The molecule has 1 heterocycles. The molecule has 1 fully saturated rings. The first-order valence-electron chi connectivity index (χ1n) is 7.67. The Morgan fingerprint density at radius 1 is 1.32 bits per heavy atom. The Morgan fingerprint density at radius 3 is 2.73 bits per heavy atom. The van der Waals surface area contributed by atoms with Gasteiger partial charge in [0.15, 0.2) is 0 Å². The quantitative estimate of drug-likeness (QED) is 0.898. The molecular formula is C17H24N2O3. The van der Waals surface area contributed by atoms with E-state index in [2.05, 4.69) is 10.6 Å². The lowest BCUT2D eigenvalue weighted by atomic mass is 9.95. The van der Waals surface area contributed by atoms with E-state index in [4.69, 9.17) is 4.74 Å². The highest BCUT2D eigenvalue weighted by Crippen LogP contribution is 2.18. The van der Waals surface area contributed by atoms with E-state index in [1.807, 2.05) is 20.8 Å². The van der Waals surface area contributed by atoms with Gasteiger partial charge in [0, 0.05) is 29.8 Å². The molecule has 2 amide bonds. The SMILES string of the molecule is CC(C)(C)C(=O)Nc1cccc(C(=O)NCC2CCCO2)c1. The van der Waals surface area contributed by atoms with Crippen LogP contribution in [-0.2, 0) is 9.53 Å². The summed E-state index contributed by atoms with van der Waals surface area (Å²) < 4.78 is 5.48. The largest absolute Gasteiger partial charge is 0.376 e. The van der Waals surface area contributed by atoms with Gasteiger partial charge >= 0.3 is 0 Å². The molecule has 22 heavy (non-hydrogen) atoms. The van der Waals surface area contributed by atoms with Crippen molar-refractivity contribution in [1.82, 2.24) is 5.32 Å². The zero-order chi connectivity index (χ0) is 16.2. The van der Waals surface area contributed by atoms with E-state index in [-0.39, 0.29) is 17.9 Å². The minimum atomic E-state index is -0.474. The van der Waals surface area contributed by atoms with Gasteiger partial charge in [-0.2, -0.15) is 0 Å². The lowest BCUT2D eigenvalue weighted by Crippen LogP contribution is -2.32. The molecule has 0 bridgehead atoms. The summed E-state index contributed by atoms with van der Waals surface area (Å²) in [7, 11) is 0. The summed E-state index contributed by atoms with van der Waals surface area (Å²) in [4.78, 5) is 24.1. The maximum atomic E-state index is 12.2. The maximum Gasteiger partial charge on any atom is 0.251 e. The van der Waals surface area contributed by atoms with Gasteiger partial charge in [0.1, 0.15) is 0 Å². The summed E-state index contributed by atoms with van der Waals surface area (Å²) in [6.07, 6.45) is 2.16. The molecular weight excluding hydrogens is 280 g/mol. The Labute approximate surface area is 131 Å². The van der Waals surface area contributed by atoms with Crippen LogP contribution in [0.15, 0.2) is 24.3 Å². The zero-order valence-electron chi connectivity index (χ0n) is 13.4. The van der Waals surface area contributed by atoms with Crippen molar-refractivity contribution in [1.29, 1.82) is 0 Å². The highest BCUT2D eigenvalue weighted by molar-refractivity contribution is 5.98. The van der Waals surface area contributed by atoms with Crippen LogP contribution >= 0.6 is 0 Å². The Morgan fingerprint density at radius 2 is 2.09 bits per heavy atom. The molecule has 0 aliphatic carbocycles. The molecule has 0 radical (unpaired) electrons. The number of carbonyl (C=O) groups is 2. The molecule has 1 aliphatic heterocycles. The van der Waals surface area contributed by atoms with Gasteiger partial charge in [0.2, 0.25) is 5.91 Å². The van der Waals surface area contributed by atoms with Crippen LogP contribution in [0.2, 0.25) is 0 Å². The van der Waals surface area contributed by atoms with Crippen LogP contribution in [0, 0.1) is 5.41 Å². The van der Waals surface area contributed by atoms with Crippen LogP contribution in [-0.4, -0.2) is 31.1 Å². The number of amides is 2. The Balaban J connectivity index is 1.95. The van der Waals surface area contributed by atoms with Crippen molar-refractivity contribution in [2.24, 2.45) is 5.41 Å². The molecule has 0 spiro atoms. The second kappa shape index (κ2) is 6.92. The fourth-order valence-electron chi connectivity index (χ4n) is 2.17. The number of hydrogen-bond acceptors (Lipinski definition) is 3. The van der Waals surface area contributed by atoms with Crippen LogP contribution in [0.25, 0.3) is 0 Å². The summed E-state index contributed by atoms with van der Waals surface area (Å²) in [6, 6.07) is 6.96. The summed E-state index contributed by atoms with van der Waals surface area (Å²) in [5.41, 5.74) is 0.687. The van der Waals surface area contributed by atoms with E-state index in [1.165, 1.54) is 0 Å². The van der Waals surface area contributed by atoms with Crippen molar-refractivity contribution < 1.29 is 14.3 Å². The molecule has 1 atom stereocenters. The van der Waals surface area contributed by atoms with E-state index in [0.717, 1.165) is 19.4 Å². The van der Waals surface area contributed by atoms with Crippen molar-refractivity contribution in [3.63, 3.8) is 0 Å². The highest BCUT2D eigenvalue weighted by Gasteiger charge is 2.21. The smallest absolute Gasteiger partial charge is 0.251 e. The van der Waals surface area contributed by atoms with Gasteiger partial charge in [-0.15, -0.1) is 0 Å². The molecule has 5 nitrogen and oxygen atoms in total. The fourth-order valence-corrected chi connectivity index (χ4v) is 2.17. The number of nitrogens with one attached hydrogen (secondary N) is 2. The fraction of sp³-hybridized carbons (Fsp3) is 0.529. The molecule has 1 aromatic rings. The number of rotatable bonds is 4. The number of benzene rings is 1. The molecule has 1 aromatic carbocycles. The predicted molar refractivity (Wildman–Crippen MR) is 85.8 cm³/mol. The predicted octanol–water partition coefficient (Wildman–Crippen LogP) is 2.58. The van der Waals surface area contributed by atoms with Gasteiger partial charge in [0.05, 0.1) is 6.10 Å². The van der Waals surface area contributed by atoms with Crippen molar-refractivity contribution in [3.8, 4) is 0 Å². The highest BCUT2D eigenvalue weighted by atomic mass is 16.5. The Kier molecular flexibility index (Phi) is 5.19. The third-order valence-electron chi connectivity index (χ3n) is 3.58. The lowest BCUT2D eigenvalue weighted by molar-refractivity contribution is -0.123. The summed E-state index contributed by atoms with van der Waals surface area (Å²) in [5, 5.41) is 5.71. The molecule has 0 aromatic heterocycles. The molecule has 1 aliphatic rings. The van der Waals surface area contributed by atoms with Gasteiger partial charge in [-0.05, 0) is 31.0 Å². The van der Waals surface area contributed by atoms with Crippen molar-refractivity contribution in [2.75, 3.05) is 18.5 Å². The molecule has 1 saturated heterocycles. The van der Waals surface area contributed by atoms with Gasteiger partial charge < -0.3 is 15.4 Å². The first kappa shape index (κ1) is 16.5. The summed E-state index contributed by atoms with van der Waals surface area (Å²) in [6.45, 7) is 6.84. The van der Waals surface area contributed by atoms with Crippen LogP contribution in [0.5, 0.6) is 0 Å². The molecule has 0 saturated carbocycles. The van der Waals surface area contributed by atoms with Crippen LogP contribution in [0.1, 0.15) is 44.0 Å². The second-order valence-electron chi connectivity index (χ2n) is 6.63. The average Bonchev–Trinajstić information content (AvgIpc) is 2.97. The second-order valence-corrected chi connectivity index (χ2v) is 6.63. The first-order chi connectivity index (χ1) is 10.4. The van der Waals surface area contributed by atoms with Gasteiger partial charge in [-0.1, -0.05) is 26.8 Å². The average molecular weight is 304 g/mol. The lowest BCUT2D eigenvalue weighted by Gasteiger charge is -2.18. The minimum Gasteiger partial charge on any atom is -0.376 e. The molecule has 2 rings (SSSR count). The van der Waals surface area contributed by atoms with E-state index >= 15 is 0 Å². The van der Waals surface area contributed by atoms with Gasteiger partial charge in [0.25, 0.3) is 5.91 Å². The summed E-state index contributed by atoms with van der Waals surface area (Å²) >= 11 is 0. The molecule has 1 unspecified atom stereocenters. The molecule has 5 heteroatoms. The topological polar surface area (TPSA) is 67.4 Å². The van der Waals surface area contributed by atoms with Crippen molar-refractivity contribution in [3.05, 3.63) is 29.8 Å². The number of ether oxygens (including phenoxy) is 1. The van der Waals surface area contributed by atoms with Crippen molar-refractivity contribution in [2.45, 2.75) is 39.7 Å². The molecule has 120 valence electrons. The van der Waals surface area contributed by atoms with Crippen LogP contribution < -0.4 is 10.6 Å². The van der Waals surface area contributed by atoms with Crippen LogP contribution in [0.3, 0.4) is 0 Å². The van der Waals surface area contributed by atoms with Gasteiger partial charge in [-0.25, -0.2) is 0 Å². The normalized spacial score (nSPS) is 18.0. The first-order valence-corrected chi connectivity index (χ1v) is 7.67. The van der Waals surface area contributed by atoms with E-state index in [1.54, 1.807) is 24.3 Å². The maximum absolute atomic E-state index is 12.2. The molecule has 2 N–H and O–H groups in total. The Hall–Kier alpha value is -1.88. The van der Waals surface area contributed by atoms with E-state index < -0.39 is 5.41 Å².